The third-order valence-electron chi connectivity index (χ3n) is 4.31. The summed E-state index contributed by atoms with van der Waals surface area (Å²) in [5.41, 5.74) is 0.890. The molecule has 1 aromatic rings. The van der Waals surface area contributed by atoms with Crippen LogP contribution in [0, 0.1) is 0 Å². The minimum atomic E-state index is -1.29. The van der Waals surface area contributed by atoms with Gasteiger partial charge >= 0.3 is 0 Å². The normalized spacial score (nSPS) is 25.8. The molecule has 4 atom stereocenters. The number of rotatable bonds is 10. The second-order valence-electron chi connectivity index (χ2n) is 8.38. The van der Waals surface area contributed by atoms with E-state index in [4.69, 9.17) is 23.4 Å². The molecular weight excluding hydrogens is 372 g/mol. The Morgan fingerprint density at radius 3 is 2.46 bits per heavy atom. The number of hydrogen-bond acceptors (Lipinski definition) is 5. The molecule has 6 heteroatoms. The van der Waals surface area contributed by atoms with E-state index in [0.717, 1.165) is 5.56 Å². The third kappa shape index (κ3) is 8.15. The molecule has 0 aliphatic carbocycles. The summed E-state index contributed by atoms with van der Waals surface area (Å²) in [6, 6.07) is 10.2. The molecule has 1 saturated heterocycles. The molecule has 0 amide bonds. The SMILES string of the molecule is C=CCO[C@@H]1C[C@H](OCc2ccccc2)[C@@H](COC(C)(C)C)O[C@H]1O[SiH](C)C. The highest BCUT2D eigenvalue weighted by Crippen LogP contribution is 2.28. The predicted molar refractivity (Wildman–Crippen MR) is 114 cm³/mol. The van der Waals surface area contributed by atoms with Gasteiger partial charge < -0.3 is 23.4 Å². The van der Waals surface area contributed by atoms with Crippen LogP contribution in [0.2, 0.25) is 13.1 Å². The van der Waals surface area contributed by atoms with Crippen molar-refractivity contribution in [3.05, 3.63) is 48.6 Å². The third-order valence-corrected chi connectivity index (χ3v) is 5.13. The minimum absolute atomic E-state index is 0.133. The van der Waals surface area contributed by atoms with Gasteiger partial charge in [0.05, 0.1) is 31.5 Å². The molecule has 0 saturated carbocycles. The molecule has 158 valence electrons. The highest BCUT2D eigenvalue weighted by molar-refractivity contribution is 6.48. The van der Waals surface area contributed by atoms with E-state index < -0.39 is 15.3 Å². The van der Waals surface area contributed by atoms with Crippen LogP contribution in [0.25, 0.3) is 0 Å². The Labute approximate surface area is 171 Å². The van der Waals surface area contributed by atoms with Gasteiger partial charge in [-0.2, -0.15) is 0 Å². The fourth-order valence-electron chi connectivity index (χ4n) is 3.00. The van der Waals surface area contributed by atoms with Crippen molar-refractivity contribution in [1.29, 1.82) is 0 Å². The topological polar surface area (TPSA) is 46.2 Å². The van der Waals surface area contributed by atoms with E-state index in [0.29, 0.717) is 26.2 Å². The first kappa shape index (κ1) is 23.3. The molecule has 2 rings (SSSR count). The zero-order valence-electron chi connectivity index (χ0n) is 17.9. The number of hydrogen-bond donors (Lipinski definition) is 0. The zero-order chi connectivity index (χ0) is 20.6. The average molecular weight is 409 g/mol. The summed E-state index contributed by atoms with van der Waals surface area (Å²) >= 11 is 0. The highest BCUT2D eigenvalue weighted by Gasteiger charge is 2.40. The van der Waals surface area contributed by atoms with Crippen molar-refractivity contribution < 1.29 is 23.4 Å². The largest absolute Gasteiger partial charge is 0.394 e. The molecule has 1 fully saturated rings. The fraction of sp³-hybridized carbons (Fsp3) is 0.636. The van der Waals surface area contributed by atoms with Crippen LogP contribution in [0.4, 0.5) is 0 Å². The first-order chi connectivity index (χ1) is 13.3. The van der Waals surface area contributed by atoms with Gasteiger partial charge in [0.15, 0.2) is 15.3 Å². The van der Waals surface area contributed by atoms with Gasteiger partial charge in [-0.1, -0.05) is 36.4 Å². The number of ether oxygens (including phenoxy) is 4. The van der Waals surface area contributed by atoms with Gasteiger partial charge in [-0.15, -0.1) is 6.58 Å². The molecule has 5 nitrogen and oxygen atoms in total. The van der Waals surface area contributed by atoms with Gasteiger partial charge in [-0.3, -0.25) is 0 Å². The Morgan fingerprint density at radius 2 is 1.86 bits per heavy atom. The molecule has 0 N–H and O–H groups in total. The van der Waals surface area contributed by atoms with Crippen LogP contribution >= 0.6 is 0 Å². The van der Waals surface area contributed by atoms with E-state index in [9.17, 15) is 0 Å². The Morgan fingerprint density at radius 1 is 1.14 bits per heavy atom. The van der Waals surface area contributed by atoms with E-state index in [1.807, 2.05) is 39.0 Å². The fourth-order valence-corrected chi connectivity index (χ4v) is 3.77. The summed E-state index contributed by atoms with van der Waals surface area (Å²) in [7, 11) is -1.29. The molecule has 0 aromatic heterocycles. The molecular formula is C22H36O5Si. The summed E-state index contributed by atoms with van der Waals surface area (Å²) in [4.78, 5) is 0. The smallest absolute Gasteiger partial charge is 0.174 e. The van der Waals surface area contributed by atoms with E-state index in [2.05, 4.69) is 31.8 Å². The zero-order valence-corrected chi connectivity index (χ0v) is 19.1. The lowest BCUT2D eigenvalue weighted by Crippen LogP contribution is -2.53. The molecule has 0 unspecified atom stereocenters. The van der Waals surface area contributed by atoms with Crippen molar-refractivity contribution in [3.63, 3.8) is 0 Å². The van der Waals surface area contributed by atoms with Crippen LogP contribution in [-0.2, 0) is 30.0 Å². The van der Waals surface area contributed by atoms with E-state index in [1.54, 1.807) is 6.08 Å². The quantitative estimate of drug-likeness (QED) is 0.431. The second kappa shape index (κ2) is 11.2. The van der Waals surface area contributed by atoms with Gasteiger partial charge in [0.1, 0.15) is 12.2 Å². The molecule has 1 aliphatic heterocycles. The van der Waals surface area contributed by atoms with E-state index in [-0.39, 0.29) is 23.9 Å². The van der Waals surface area contributed by atoms with Gasteiger partial charge in [0, 0.05) is 6.42 Å². The maximum absolute atomic E-state index is 6.31. The van der Waals surface area contributed by atoms with Crippen molar-refractivity contribution in [2.24, 2.45) is 0 Å². The molecule has 0 radical (unpaired) electrons. The molecule has 0 bridgehead atoms. The standard InChI is InChI=1S/C22H36O5Si/c1-7-13-23-19-14-18(24-15-17-11-9-8-10-12-17)20(16-25-22(2,3)4)26-21(19)27-28(5)6/h7-12,18-21,28H,1,13-16H2,2-6H3/t18-,19+,20+,21-/m0/s1. The van der Waals surface area contributed by atoms with Crippen molar-refractivity contribution in [2.45, 2.75) is 77.1 Å². The summed E-state index contributed by atoms with van der Waals surface area (Å²) in [6.07, 6.45) is 1.54. The maximum atomic E-state index is 6.31. The lowest BCUT2D eigenvalue weighted by atomic mass is 10.0. The monoisotopic (exact) mass is 408 g/mol. The predicted octanol–water partition coefficient (Wildman–Crippen LogP) is 4.07. The number of benzene rings is 1. The second-order valence-corrected chi connectivity index (χ2v) is 10.8. The minimum Gasteiger partial charge on any atom is -0.394 e. The molecule has 28 heavy (non-hydrogen) atoms. The van der Waals surface area contributed by atoms with E-state index in [1.165, 1.54) is 0 Å². The van der Waals surface area contributed by atoms with Crippen molar-refractivity contribution >= 4 is 9.04 Å². The lowest BCUT2D eigenvalue weighted by molar-refractivity contribution is -0.267. The van der Waals surface area contributed by atoms with Crippen LogP contribution in [0.5, 0.6) is 0 Å². The first-order valence-electron chi connectivity index (χ1n) is 10.1. The molecule has 0 spiro atoms. The summed E-state index contributed by atoms with van der Waals surface area (Å²) in [5, 5.41) is 0. The highest BCUT2D eigenvalue weighted by atomic mass is 28.3. The van der Waals surface area contributed by atoms with E-state index >= 15 is 0 Å². The Kier molecular flexibility index (Phi) is 9.33. The summed E-state index contributed by atoms with van der Waals surface area (Å²) < 4.78 is 30.7. The molecule has 1 aromatic carbocycles. The van der Waals surface area contributed by atoms with Crippen LogP contribution in [0.3, 0.4) is 0 Å². The van der Waals surface area contributed by atoms with Crippen LogP contribution in [0.15, 0.2) is 43.0 Å². The molecule has 1 heterocycles. The van der Waals surface area contributed by atoms with Crippen molar-refractivity contribution in [1.82, 2.24) is 0 Å². The lowest BCUT2D eigenvalue weighted by Gasteiger charge is -2.42. The van der Waals surface area contributed by atoms with Crippen molar-refractivity contribution in [2.75, 3.05) is 13.2 Å². The van der Waals surface area contributed by atoms with Gasteiger partial charge in [0.25, 0.3) is 0 Å². The van der Waals surface area contributed by atoms with Gasteiger partial charge in [-0.25, -0.2) is 0 Å². The summed E-state index contributed by atoms with van der Waals surface area (Å²) in [6.45, 7) is 15.6. The molecule has 1 aliphatic rings. The Bertz CT molecular complexity index is 572. The van der Waals surface area contributed by atoms with Crippen LogP contribution < -0.4 is 0 Å². The van der Waals surface area contributed by atoms with Crippen LogP contribution in [-0.4, -0.2) is 52.5 Å². The van der Waals surface area contributed by atoms with Crippen LogP contribution in [0.1, 0.15) is 32.8 Å². The Balaban J connectivity index is 2.09. The van der Waals surface area contributed by atoms with Gasteiger partial charge in [-0.05, 0) is 39.4 Å². The first-order valence-corrected chi connectivity index (χ1v) is 12.9. The maximum Gasteiger partial charge on any atom is 0.174 e. The average Bonchev–Trinajstić information content (AvgIpc) is 2.64. The van der Waals surface area contributed by atoms with Gasteiger partial charge in [0.2, 0.25) is 0 Å². The Hall–Kier alpha value is -1.02. The van der Waals surface area contributed by atoms with Crippen molar-refractivity contribution in [3.8, 4) is 0 Å². The summed E-state index contributed by atoms with van der Waals surface area (Å²) in [5.74, 6) is 0.